The Labute approximate surface area is 162 Å². The van der Waals surface area contributed by atoms with Gasteiger partial charge in [0.05, 0.1) is 18.8 Å². The molecule has 8 heteroatoms. The molecule has 3 aromatic heterocycles. The quantitative estimate of drug-likeness (QED) is 0.584. The van der Waals surface area contributed by atoms with Crippen molar-refractivity contribution in [2.24, 2.45) is 0 Å². The minimum absolute atomic E-state index is 0.305. The lowest BCUT2D eigenvalue weighted by molar-refractivity contribution is 0.236. The number of rotatable bonds is 4. The monoisotopic (exact) mass is 375 g/mol. The zero-order chi connectivity index (χ0) is 19.1. The van der Waals surface area contributed by atoms with Crippen LogP contribution in [0, 0.1) is 0 Å². The third-order valence-corrected chi connectivity index (χ3v) is 5.05. The Morgan fingerprint density at radius 1 is 1.18 bits per heavy atom. The highest BCUT2D eigenvalue weighted by atomic mass is 16.5. The van der Waals surface area contributed by atoms with Crippen molar-refractivity contribution < 1.29 is 4.74 Å². The van der Waals surface area contributed by atoms with Crippen LogP contribution in [-0.4, -0.2) is 42.6 Å². The third kappa shape index (κ3) is 2.82. The van der Waals surface area contributed by atoms with Gasteiger partial charge < -0.3 is 10.5 Å². The van der Waals surface area contributed by atoms with Crippen molar-refractivity contribution in [2.75, 3.05) is 18.9 Å². The summed E-state index contributed by atoms with van der Waals surface area (Å²) in [4.78, 5) is 16.1. The first-order valence-corrected chi connectivity index (χ1v) is 9.44. The smallest absolute Gasteiger partial charge is 0.223 e. The highest BCUT2D eigenvalue weighted by molar-refractivity contribution is 5.95. The fraction of sp³-hybridized carbons (Fsp3) is 0.300. The molecule has 0 saturated carbocycles. The number of nitrogens with two attached hydrogens (primary N) is 1. The minimum Gasteiger partial charge on any atom is -0.492 e. The first-order valence-electron chi connectivity index (χ1n) is 9.44. The van der Waals surface area contributed by atoms with Gasteiger partial charge in [0.25, 0.3) is 0 Å². The van der Waals surface area contributed by atoms with Crippen LogP contribution in [0.4, 0.5) is 5.95 Å². The minimum atomic E-state index is 0.305. The van der Waals surface area contributed by atoms with Crippen LogP contribution in [-0.2, 0) is 19.5 Å². The van der Waals surface area contributed by atoms with E-state index in [1.54, 1.807) is 4.52 Å². The summed E-state index contributed by atoms with van der Waals surface area (Å²) in [5.74, 6) is 1.73. The molecule has 28 heavy (non-hydrogen) atoms. The molecule has 0 unspecified atom stereocenters. The van der Waals surface area contributed by atoms with Gasteiger partial charge in [0.1, 0.15) is 11.3 Å². The van der Waals surface area contributed by atoms with Crippen molar-refractivity contribution in [3.63, 3.8) is 0 Å². The molecule has 0 aliphatic carbocycles. The largest absolute Gasteiger partial charge is 0.492 e. The molecule has 142 valence electrons. The number of benzene rings is 1. The van der Waals surface area contributed by atoms with Crippen LogP contribution in [0.5, 0.6) is 5.75 Å². The number of aromatic nitrogens is 5. The van der Waals surface area contributed by atoms with Crippen LogP contribution in [0.15, 0.2) is 36.5 Å². The van der Waals surface area contributed by atoms with E-state index < -0.39 is 0 Å². The van der Waals surface area contributed by atoms with Gasteiger partial charge in [-0.1, -0.05) is 12.1 Å². The number of fused-ring (bicyclic) bond motifs is 4. The maximum absolute atomic E-state index is 6.17. The second kappa shape index (κ2) is 6.72. The molecule has 0 spiro atoms. The number of anilines is 1. The lowest BCUT2D eigenvalue weighted by atomic mass is 10.1. The van der Waals surface area contributed by atoms with E-state index in [0.29, 0.717) is 36.0 Å². The summed E-state index contributed by atoms with van der Waals surface area (Å²) in [6, 6.07) is 9.95. The van der Waals surface area contributed by atoms with Crippen LogP contribution in [0.2, 0.25) is 0 Å². The molecule has 1 aromatic carbocycles. The highest BCUT2D eigenvalue weighted by Gasteiger charge is 2.20. The Balaban J connectivity index is 1.51. The van der Waals surface area contributed by atoms with Gasteiger partial charge in [0, 0.05) is 24.7 Å². The van der Waals surface area contributed by atoms with Gasteiger partial charge in [-0.3, -0.25) is 9.88 Å². The molecule has 0 saturated heterocycles. The molecule has 8 nitrogen and oxygen atoms in total. The van der Waals surface area contributed by atoms with E-state index >= 15 is 0 Å². The van der Waals surface area contributed by atoms with Crippen molar-refractivity contribution in [3.05, 3.63) is 53.6 Å². The summed E-state index contributed by atoms with van der Waals surface area (Å²) in [5, 5.41) is 5.48. The van der Waals surface area contributed by atoms with Gasteiger partial charge in [0.15, 0.2) is 11.5 Å². The van der Waals surface area contributed by atoms with E-state index in [4.69, 9.17) is 15.5 Å². The van der Waals surface area contributed by atoms with E-state index in [1.165, 1.54) is 5.56 Å². The van der Waals surface area contributed by atoms with E-state index in [0.717, 1.165) is 36.4 Å². The van der Waals surface area contributed by atoms with Gasteiger partial charge >= 0.3 is 0 Å². The van der Waals surface area contributed by atoms with Crippen molar-refractivity contribution >= 4 is 22.5 Å². The number of para-hydroxylation sites is 1. The fourth-order valence-corrected chi connectivity index (χ4v) is 3.75. The van der Waals surface area contributed by atoms with E-state index in [2.05, 4.69) is 26.0 Å². The summed E-state index contributed by atoms with van der Waals surface area (Å²) in [5.41, 5.74) is 10.0. The second-order valence-corrected chi connectivity index (χ2v) is 6.89. The number of pyridine rings is 1. The van der Waals surface area contributed by atoms with Gasteiger partial charge in [-0.2, -0.15) is 4.52 Å². The Morgan fingerprint density at radius 2 is 2.11 bits per heavy atom. The van der Waals surface area contributed by atoms with Crippen molar-refractivity contribution in [1.82, 2.24) is 29.5 Å². The van der Waals surface area contributed by atoms with Crippen LogP contribution in [0.1, 0.15) is 24.0 Å². The van der Waals surface area contributed by atoms with Gasteiger partial charge in [-0.15, -0.1) is 5.10 Å². The Hall–Kier alpha value is -3.26. The predicted octanol–water partition coefficient (Wildman–Crippen LogP) is 2.21. The van der Waals surface area contributed by atoms with Gasteiger partial charge in [-0.05, 0) is 37.1 Å². The fourth-order valence-electron chi connectivity index (χ4n) is 3.75. The molecule has 2 N–H and O–H groups in total. The molecule has 0 amide bonds. The van der Waals surface area contributed by atoms with E-state index in [1.807, 2.05) is 37.4 Å². The number of nitrogen functional groups attached to an aromatic ring is 1. The maximum atomic E-state index is 6.17. The first-order chi connectivity index (χ1) is 13.7. The summed E-state index contributed by atoms with van der Waals surface area (Å²) in [6.45, 7) is 4.91. The van der Waals surface area contributed by atoms with Gasteiger partial charge in [0.2, 0.25) is 5.95 Å². The van der Waals surface area contributed by atoms with Crippen LogP contribution >= 0.6 is 0 Å². The SMILES string of the molecule is CCOc1cccc2c1nc(N)n1nc(CN3CCc4cccnc4C3)nc21. The lowest BCUT2D eigenvalue weighted by Gasteiger charge is -2.26. The number of hydrogen-bond acceptors (Lipinski definition) is 7. The Kier molecular flexibility index (Phi) is 4.05. The molecule has 0 fully saturated rings. The molecular formula is C20H21N7O. The number of nitrogens with zero attached hydrogens (tertiary/aromatic N) is 6. The van der Waals surface area contributed by atoms with Crippen molar-refractivity contribution in [1.29, 1.82) is 0 Å². The van der Waals surface area contributed by atoms with E-state index in [9.17, 15) is 0 Å². The summed E-state index contributed by atoms with van der Waals surface area (Å²) in [7, 11) is 0. The average molecular weight is 375 g/mol. The molecule has 0 atom stereocenters. The molecule has 0 radical (unpaired) electrons. The average Bonchev–Trinajstić information content (AvgIpc) is 3.13. The third-order valence-electron chi connectivity index (χ3n) is 5.05. The van der Waals surface area contributed by atoms with Crippen LogP contribution < -0.4 is 10.5 Å². The van der Waals surface area contributed by atoms with E-state index in [-0.39, 0.29) is 0 Å². The normalized spacial score (nSPS) is 14.5. The molecule has 0 bridgehead atoms. The molecule has 1 aliphatic heterocycles. The Bertz CT molecular complexity index is 1170. The zero-order valence-electron chi connectivity index (χ0n) is 15.7. The van der Waals surface area contributed by atoms with Crippen molar-refractivity contribution in [2.45, 2.75) is 26.4 Å². The lowest BCUT2D eigenvalue weighted by Crippen LogP contribution is -2.31. The topological polar surface area (TPSA) is 94.5 Å². The number of hydrogen-bond donors (Lipinski definition) is 1. The maximum Gasteiger partial charge on any atom is 0.223 e. The summed E-state index contributed by atoms with van der Waals surface area (Å²) in [6.07, 6.45) is 2.83. The highest BCUT2D eigenvalue weighted by Crippen LogP contribution is 2.28. The molecular weight excluding hydrogens is 354 g/mol. The van der Waals surface area contributed by atoms with Crippen LogP contribution in [0.3, 0.4) is 0 Å². The summed E-state index contributed by atoms with van der Waals surface area (Å²) >= 11 is 0. The van der Waals surface area contributed by atoms with Crippen molar-refractivity contribution in [3.8, 4) is 5.75 Å². The molecule has 5 rings (SSSR count). The first kappa shape index (κ1) is 16.9. The Morgan fingerprint density at radius 3 is 3.00 bits per heavy atom. The van der Waals surface area contributed by atoms with Crippen LogP contribution in [0.25, 0.3) is 16.6 Å². The number of ether oxygens (including phenoxy) is 1. The zero-order valence-corrected chi connectivity index (χ0v) is 15.7. The second-order valence-electron chi connectivity index (χ2n) is 6.89. The standard InChI is InChI=1S/C20H21N7O/c1-2-28-16-7-3-6-14-18(16)24-20(21)27-19(14)23-17(25-27)12-26-10-8-13-5-4-9-22-15(13)11-26/h3-7,9H,2,8,10-12H2,1H3,(H2,21,24). The van der Waals surface area contributed by atoms with Gasteiger partial charge in [-0.25, -0.2) is 9.97 Å². The summed E-state index contributed by atoms with van der Waals surface area (Å²) < 4.78 is 7.31. The molecule has 1 aliphatic rings. The molecule has 4 heterocycles. The molecule has 4 aromatic rings. The predicted molar refractivity (Wildman–Crippen MR) is 106 cm³/mol.